The zero-order valence-electron chi connectivity index (χ0n) is 13.5. The number of amides is 1. The van der Waals surface area contributed by atoms with Crippen molar-refractivity contribution in [2.24, 2.45) is 0 Å². The van der Waals surface area contributed by atoms with E-state index in [2.05, 4.69) is 43.1 Å². The number of rotatable bonds is 7. The quantitative estimate of drug-likeness (QED) is 0.826. The van der Waals surface area contributed by atoms with Crippen LogP contribution in [0.1, 0.15) is 64.6 Å². The standard InChI is InChI=1S/C18H28N2O/c1-4-10-15(6-3)20-17(14-12-8-7-9-13-14)19-16(11-5-2)18(20)21/h7-9,12-13,15-17,19H,4-6,10-11H2,1-3H3. The molecule has 1 aromatic carbocycles. The van der Waals surface area contributed by atoms with E-state index in [0.29, 0.717) is 6.04 Å². The first-order valence-electron chi connectivity index (χ1n) is 8.36. The number of carbonyl (C=O) groups excluding carboxylic acids is 1. The number of carbonyl (C=O) groups is 1. The van der Waals surface area contributed by atoms with Crippen LogP contribution in [-0.2, 0) is 4.79 Å². The molecule has 0 radical (unpaired) electrons. The molecular weight excluding hydrogens is 260 g/mol. The van der Waals surface area contributed by atoms with Crippen LogP contribution in [0.2, 0.25) is 0 Å². The van der Waals surface area contributed by atoms with Crippen LogP contribution in [0.4, 0.5) is 0 Å². The van der Waals surface area contributed by atoms with Crippen LogP contribution in [0.25, 0.3) is 0 Å². The highest BCUT2D eigenvalue weighted by molar-refractivity contribution is 5.84. The normalized spacial score (nSPS) is 23.6. The molecule has 0 bridgehead atoms. The van der Waals surface area contributed by atoms with E-state index in [-0.39, 0.29) is 18.1 Å². The number of nitrogens with zero attached hydrogens (tertiary/aromatic N) is 1. The Morgan fingerprint density at radius 2 is 1.86 bits per heavy atom. The van der Waals surface area contributed by atoms with Crippen molar-refractivity contribution in [1.29, 1.82) is 0 Å². The van der Waals surface area contributed by atoms with E-state index in [1.165, 1.54) is 5.56 Å². The van der Waals surface area contributed by atoms with Gasteiger partial charge in [-0.1, -0.05) is 63.9 Å². The Hall–Kier alpha value is -1.35. The molecule has 2 rings (SSSR count). The number of hydrogen-bond donors (Lipinski definition) is 1. The fraction of sp³-hybridized carbons (Fsp3) is 0.611. The van der Waals surface area contributed by atoms with Gasteiger partial charge in [-0.05, 0) is 24.8 Å². The summed E-state index contributed by atoms with van der Waals surface area (Å²) in [6, 6.07) is 10.7. The largest absolute Gasteiger partial charge is 0.319 e. The van der Waals surface area contributed by atoms with E-state index in [4.69, 9.17) is 0 Å². The maximum atomic E-state index is 12.8. The summed E-state index contributed by atoms with van der Waals surface area (Å²) in [4.78, 5) is 14.9. The average Bonchev–Trinajstić information content (AvgIpc) is 2.83. The molecule has 1 heterocycles. The summed E-state index contributed by atoms with van der Waals surface area (Å²) in [5.74, 6) is 0.283. The van der Waals surface area contributed by atoms with Gasteiger partial charge in [0.15, 0.2) is 0 Å². The minimum atomic E-state index is -0.0221. The van der Waals surface area contributed by atoms with E-state index in [1.54, 1.807) is 0 Å². The minimum Gasteiger partial charge on any atom is -0.319 e. The number of nitrogens with one attached hydrogen (secondary N) is 1. The second-order valence-electron chi connectivity index (χ2n) is 5.92. The molecule has 1 saturated heterocycles. The molecule has 1 aliphatic rings. The van der Waals surface area contributed by atoms with Crippen molar-refractivity contribution in [1.82, 2.24) is 10.2 Å². The molecule has 0 spiro atoms. The molecule has 3 atom stereocenters. The minimum absolute atomic E-state index is 0.0221. The van der Waals surface area contributed by atoms with Crippen LogP contribution in [-0.4, -0.2) is 22.9 Å². The molecule has 0 saturated carbocycles. The Bertz CT molecular complexity index is 446. The molecule has 1 aliphatic heterocycles. The number of hydrogen-bond acceptors (Lipinski definition) is 2. The lowest BCUT2D eigenvalue weighted by atomic mass is 10.0. The van der Waals surface area contributed by atoms with Gasteiger partial charge in [0.1, 0.15) is 6.17 Å². The van der Waals surface area contributed by atoms with Crippen LogP contribution in [0, 0.1) is 0 Å². The summed E-state index contributed by atoms with van der Waals surface area (Å²) in [6.07, 6.45) is 5.19. The van der Waals surface area contributed by atoms with Gasteiger partial charge < -0.3 is 4.90 Å². The van der Waals surface area contributed by atoms with Crippen molar-refractivity contribution in [3.8, 4) is 0 Å². The molecule has 1 amide bonds. The van der Waals surface area contributed by atoms with Gasteiger partial charge >= 0.3 is 0 Å². The van der Waals surface area contributed by atoms with Crippen molar-refractivity contribution >= 4 is 5.91 Å². The molecule has 0 aromatic heterocycles. The van der Waals surface area contributed by atoms with Crippen LogP contribution < -0.4 is 5.32 Å². The van der Waals surface area contributed by atoms with Gasteiger partial charge in [0, 0.05) is 6.04 Å². The zero-order valence-corrected chi connectivity index (χ0v) is 13.5. The van der Waals surface area contributed by atoms with Gasteiger partial charge in [0.05, 0.1) is 6.04 Å². The smallest absolute Gasteiger partial charge is 0.241 e. The van der Waals surface area contributed by atoms with E-state index in [9.17, 15) is 4.79 Å². The third-order valence-corrected chi connectivity index (χ3v) is 4.37. The molecule has 0 aliphatic carbocycles. The summed E-state index contributed by atoms with van der Waals surface area (Å²) >= 11 is 0. The summed E-state index contributed by atoms with van der Waals surface area (Å²) in [6.45, 7) is 6.51. The third kappa shape index (κ3) is 3.46. The number of benzene rings is 1. The van der Waals surface area contributed by atoms with Crippen molar-refractivity contribution < 1.29 is 4.79 Å². The molecule has 1 fully saturated rings. The maximum Gasteiger partial charge on any atom is 0.241 e. The monoisotopic (exact) mass is 288 g/mol. The first-order valence-corrected chi connectivity index (χ1v) is 8.36. The second-order valence-corrected chi connectivity index (χ2v) is 5.92. The van der Waals surface area contributed by atoms with Crippen molar-refractivity contribution in [3.05, 3.63) is 35.9 Å². The predicted molar refractivity (Wildman–Crippen MR) is 86.8 cm³/mol. The lowest BCUT2D eigenvalue weighted by Crippen LogP contribution is -2.39. The average molecular weight is 288 g/mol. The van der Waals surface area contributed by atoms with Crippen LogP contribution in [0.5, 0.6) is 0 Å². The zero-order chi connectivity index (χ0) is 15.2. The fourth-order valence-electron chi connectivity index (χ4n) is 3.30. The predicted octanol–water partition coefficient (Wildman–Crippen LogP) is 3.86. The lowest BCUT2D eigenvalue weighted by Gasteiger charge is -2.32. The first kappa shape index (κ1) is 16.0. The van der Waals surface area contributed by atoms with E-state index in [1.807, 2.05) is 18.2 Å². The van der Waals surface area contributed by atoms with Gasteiger partial charge in [-0.3, -0.25) is 10.1 Å². The van der Waals surface area contributed by atoms with Gasteiger partial charge in [-0.2, -0.15) is 0 Å². The van der Waals surface area contributed by atoms with Gasteiger partial charge in [-0.25, -0.2) is 0 Å². The summed E-state index contributed by atoms with van der Waals surface area (Å²) < 4.78 is 0. The molecule has 21 heavy (non-hydrogen) atoms. The van der Waals surface area contributed by atoms with Crippen molar-refractivity contribution in [3.63, 3.8) is 0 Å². The van der Waals surface area contributed by atoms with Crippen LogP contribution in [0.3, 0.4) is 0 Å². The Morgan fingerprint density at radius 1 is 1.14 bits per heavy atom. The molecule has 3 nitrogen and oxygen atoms in total. The summed E-state index contributed by atoms with van der Waals surface area (Å²) in [5, 5.41) is 3.56. The molecular formula is C18H28N2O. The summed E-state index contributed by atoms with van der Waals surface area (Å²) in [7, 11) is 0. The Balaban J connectivity index is 2.28. The molecule has 116 valence electrons. The third-order valence-electron chi connectivity index (χ3n) is 4.37. The highest BCUT2D eigenvalue weighted by atomic mass is 16.2. The highest BCUT2D eigenvalue weighted by Crippen LogP contribution is 2.31. The van der Waals surface area contributed by atoms with E-state index in [0.717, 1.165) is 32.1 Å². The Labute approximate surface area is 128 Å². The Morgan fingerprint density at radius 3 is 2.43 bits per heavy atom. The van der Waals surface area contributed by atoms with E-state index < -0.39 is 0 Å². The van der Waals surface area contributed by atoms with Gasteiger partial charge in [0.25, 0.3) is 0 Å². The van der Waals surface area contributed by atoms with E-state index >= 15 is 0 Å². The first-order chi connectivity index (χ1) is 10.2. The molecule has 3 unspecified atom stereocenters. The molecule has 3 heteroatoms. The highest BCUT2D eigenvalue weighted by Gasteiger charge is 2.41. The lowest BCUT2D eigenvalue weighted by molar-refractivity contribution is -0.132. The van der Waals surface area contributed by atoms with Crippen LogP contribution >= 0.6 is 0 Å². The maximum absolute atomic E-state index is 12.8. The molecule has 1 aromatic rings. The second kappa shape index (κ2) is 7.60. The molecule has 1 N–H and O–H groups in total. The Kier molecular flexibility index (Phi) is 5.80. The van der Waals surface area contributed by atoms with Gasteiger partial charge in [-0.15, -0.1) is 0 Å². The SMILES string of the molecule is CCCC1NC(c2ccccc2)N(C(CC)CCC)C1=O. The summed E-state index contributed by atoms with van der Waals surface area (Å²) in [5.41, 5.74) is 1.19. The van der Waals surface area contributed by atoms with Crippen molar-refractivity contribution in [2.75, 3.05) is 0 Å². The van der Waals surface area contributed by atoms with Crippen LogP contribution in [0.15, 0.2) is 30.3 Å². The fourth-order valence-corrected chi connectivity index (χ4v) is 3.30. The van der Waals surface area contributed by atoms with Crippen molar-refractivity contribution in [2.45, 2.75) is 71.1 Å². The van der Waals surface area contributed by atoms with Gasteiger partial charge in [0.2, 0.25) is 5.91 Å². The topological polar surface area (TPSA) is 32.3 Å².